The molecule has 0 aliphatic carbocycles. The van der Waals surface area contributed by atoms with Crippen molar-refractivity contribution in [1.29, 1.82) is 0 Å². The molecule has 0 aliphatic heterocycles. The van der Waals surface area contributed by atoms with E-state index in [0.29, 0.717) is 17.7 Å². The standard InChI is InChI=1S/C22H21F4N3O2S/c1-2-3-4-11-31-19-10-9-16(12-17(19)22(24,25)26)29(20(27)30)21-28-18(13-32-21)14-5-7-15(23)8-6-14/h5-10,12-13H,2-4,11H2,1H3,(H2,27,30). The molecule has 1 aromatic heterocycles. The van der Waals surface area contributed by atoms with E-state index in [1.165, 1.54) is 36.4 Å². The zero-order valence-corrected chi connectivity index (χ0v) is 18.0. The fraction of sp³-hybridized carbons (Fsp3) is 0.273. The molecule has 0 unspecified atom stereocenters. The number of hydrogen-bond donors (Lipinski definition) is 1. The van der Waals surface area contributed by atoms with Gasteiger partial charge in [-0.05, 0) is 48.9 Å². The maximum absolute atomic E-state index is 13.7. The lowest BCUT2D eigenvalue weighted by Crippen LogP contribution is -2.31. The number of urea groups is 1. The van der Waals surface area contributed by atoms with Crippen LogP contribution in [0.2, 0.25) is 0 Å². The van der Waals surface area contributed by atoms with Crippen LogP contribution in [0.25, 0.3) is 11.3 Å². The molecular formula is C22H21F4N3O2S. The van der Waals surface area contributed by atoms with Crippen LogP contribution in [0, 0.1) is 5.82 Å². The highest BCUT2D eigenvalue weighted by Crippen LogP contribution is 2.40. The van der Waals surface area contributed by atoms with Gasteiger partial charge in [-0.1, -0.05) is 19.8 Å². The van der Waals surface area contributed by atoms with E-state index in [4.69, 9.17) is 10.5 Å². The predicted molar refractivity (Wildman–Crippen MR) is 116 cm³/mol. The minimum Gasteiger partial charge on any atom is -0.493 e. The van der Waals surface area contributed by atoms with Crippen LogP contribution in [-0.2, 0) is 6.18 Å². The Hall–Kier alpha value is -3.14. The summed E-state index contributed by atoms with van der Waals surface area (Å²) < 4.78 is 59.5. The van der Waals surface area contributed by atoms with E-state index in [9.17, 15) is 22.4 Å². The molecule has 170 valence electrons. The van der Waals surface area contributed by atoms with Gasteiger partial charge >= 0.3 is 12.2 Å². The largest absolute Gasteiger partial charge is 0.493 e. The van der Waals surface area contributed by atoms with E-state index in [-0.39, 0.29) is 23.2 Å². The number of nitrogens with zero attached hydrogens (tertiary/aromatic N) is 2. The number of ether oxygens (including phenoxy) is 1. The number of aromatic nitrogens is 1. The summed E-state index contributed by atoms with van der Waals surface area (Å²) >= 11 is 1.02. The van der Waals surface area contributed by atoms with Gasteiger partial charge in [0, 0.05) is 10.9 Å². The molecule has 2 aromatic carbocycles. The van der Waals surface area contributed by atoms with E-state index < -0.39 is 23.6 Å². The first-order valence-electron chi connectivity index (χ1n) is 9.85. The zero-order chi connectivity index (χ0) is 23.3. The van der Waals surface area contributed by atoms with Crippen LogP contribution < -0.4 is 15.4 Å². The molecule has 3 rings (SSSR count). The Labute approximate surface area is 186 Å². The van der Waals surface area contributed by atoms with E-state index in [1.807, 2.05) is 6.92 Å². The molecule has 3 aromatic rings. The molecule has 0 radical (unpaired) electrons. The van der Waals surface area contributed by atoms with Crippen molar-refractivity contribution in [2.24, 2.45) is 5.73 Å². The van der Waals surface area contributed by atoms with E-state index in [1.54, 1.807) is 5.38 Å². The first-order valence-corrected chi connectivity index (χ1v) is 10.7. The van der Waals surface area contributed by atoms with Crippen LogP contribution in [0.5, 0.6) is 5.75 Å². The summed E-state index contributed by atoms with van der Waals surface area (Å²) in [6.45, 7) is 2.14. The van der Waals surface area contributed by atoms with Crippen molar-refractivity contribution in [2.75, 3.05) is 11.5 Å². The van der Waals surface area contributed by atoms with Crippen molar-refractivity contribution in [2.45, 2.75) is 32.4 Å². The van der Waals surface area contributed by atoms with Crippen molar-refractivity contribution in [1.82, 2.24) is 4.98 Å². The van der Waals surface area contributed by atoms with Gasteiger partial charge in [-0.15, -0.1) is 11.3 Å². The molecule has 0 spiro atoms. The quantitative estimate of drug-likeness (QED) is 0.294. The summed E-state index contributed by atoms with van der Waals surface area (Å²) in [5, 5.41) is 1.69. The normalized spacial score (nSPS) is 11.4. The Bertz CT molecular complexity index is 1070. The number of primary amides is 1. The number of halogens is 4. The van der Waals surface area contributed by atoms with Gasteiger partial charge in [0.2, 0.25) is 0 Å². The minimum atomic E-state index is -4.69. The number of hydrogen-bond acceptors (Lipinski definition) is 4. The SMILES string of the molecule is CCCCCOc1ccc(N(C(N)=O)c2nc(-c3ccc(F)cc3)cs2)cc1C(F)(F)F. The van der Waals surface area contributed by atoms with Crippen LogP contribution in [0.15, 0.2) is 47.8 Å². The number of anilines is 2. The highest BCUT2D eigenvalue weighted by atomic mass is 32.1. The molecule has 0 bridgehead atoms. The summed E-state index contributed by atoms with van der Waals surface area (Å²) in [6.07, 6.45) is -2.30. The van der Waals surface area contributed by atoms with Crippen LogP contribution in [0.3, 0.4) is 0 Å². The van der Waals surface area contributed by atoms with Crippen LogP contribution >= 0.6 is 11.3 Å². The Kier molecular flexibility index (Phi) is 7.34. The topological polar surface area (TPSA) is 68.5 Å². The highest BCUT2D eigenvalue weighted by Gasteiger charge is 2.36. The third-order valence-corrected chi connectivity index (χ3v) is 5.40. The number of unbranched alkanes of at least 4 members (excludes halogenated alkanes) is 2. The molecule has 0 saturated carbocycles. The van der Waals surface area contributed by atoms with Crippen molar-refractivity contribution >= 4 is 28.2 Å². The average molecular weight is 467 g/mol. The molecular weight excluding hydrogens is 446 g/mol. The van der Waals surface area contributed by atoms with Crippen molar-refractivity contribution < 1.29 is 27.1 Å². The van der Waals surface area contributed by atoms with E-state index in [2.05, 4.69) is 4.98 Å². The van der Waals surface area contributed by atoms with Crippen molar-refractivity contribution in [3.05, 3.63) is 59.2 Å². The Balaban J connectivity index is 1.94. The molecule has 2 N–H and O–H groups in total. The summed E-state index contributed by atoms with van der Waals surface area (Å²) in [5.74, 6) is -0.729. The fourth-order valence-electron chi connectivity index (χ4n) is 2.99. The number of alkyl halides is 3. The van der Waals surface area contributed by atoms with Crippen molar-refractivity contribution in [3.8, 4) is 17.0 Å². The number of carbonyl (C=O) groups excluding carboxylic acids is 1. The maximum Gasteiger partial charge on any atom is 0.420 e. The lowest BCUT2D eigenvalue weighted by molar-refractivity contribution is -0.138. The Morgan fingerprint density at radius 3 is 2.50 bits per heavy atom. The van der Waals surface area contributed by atoms with Gasteiger partial charge in [-0.2, -0.15) is 13.2 Å². The second kappa shape index (κ2) is 9.99. The van der Waals surface area contributed by atoms with Gasteiger partial charge in [0.05, 0.1) is 23.6 Å². The molecule has 2 amide bonds. The highest BCUT2D eigenvalue weighted by molar-refractivity contribution is 7.14. The van der Waals surface area contributed by atoms with Gasteiger partial charge in [0.15, 0.2) is 5.13 Å². The monoisotopic (exact) mass is 467 g/mol. The minimum absolute atomic E-state index is 0.0848. The number of benzene rings is 2. The lowest BCUT2D eigenvalue weighted by Gasteiger charge is -2.21. The van der Waals surface area contributed by atoms with Crippen LogP contribution in [-0.4, -0.2) is 17.6 Å². The van der Waals surface area contributed by atoms with Gasteiger partial charge in [-0.25, -0.2) is 19.1 Å². The summed E-state index contributed by atoms with van der Waals surface area (Å²) in [6, 6.07) is 7.87. The van der Waals surface area contributed by atoms with Gasteiger partial charge in [0.1, 0.15) is 11.6 Å². The first kappa shape index (κ1) is 23.5. The van der Waals surface area contributed by atoms with Crippen LogP contribution in [0.4, 0.5) is 33.2 Å². The lowest BCUT2D eigenvalue weighted by atomic mass is 10.1. The number of nitrogens with two attached hydrogens (primary N) is 1. The third-order valence-electron chi connectivity index (χ3n) is 4.58. The number of amides is 2. The molecule has 10 heteroatoms. The summed E-state index contributed by atoms with van der Waals surface area (Å²) in [4.78, 5) is 17.3. The van der Waals surface area contributed by atoms with Gasteiger partial charge in [-0.3, -0.25) is 0 Å². The van der Waals surface area contributed by atoms with Crippen LogP contribution in [0.1, 0.15) is 31.7 Å². The summed E-state index contributed by atoms with van der Waals surface area (Å²) in [5.41, 5.74) is 5.39. The van der Waals surface area contributed by atoms with E-state index >= 15 is 0 Å². The third kappa shape index (κ3) is 5.56. The predicted octanol–water partition coefficient (Wildman–Crippen LogP) is 6.75. The first-order chi connectivity index (χ1) is 15.2. The molecule has 0 aliphatic rings. The number of thiazole rings is 1. The maximum atomic E-state index is 13.7. The second-order valence-corrected chi connectivity index (χ2v) is 7.77. The zero-order valence-electron chi connectivity index (χ0n) is 17.2. The molecule has 32 heavy (non-hydrogen) atoms. The molecule has 0 fully saturated rings. The summed E-state index contributed by atoms with van der Waals surface area (Å²) in [7, 11) is 0. The Morgan fingerprint density at radius 2 is 1.88 bits per heavy atom. The average Bonchev–Trinajstić information content (AvgIpc) is 3.21. The second-order valence-electron chi connectivity index (χ2n) is 6.93. The van der Waals surface area contributed by atoms with E-state index in [0.717, 1.165) is 35.1 Å². The van der Waals surface area contributed by atoms with Gasteiger partial charge in [0.25, 0.3) is 0 Å². The Morgan fingerprint density at radius 1 is 1.16 bits per heavy atom. The van der Waals surface area contributed by atoms with Crippen molar-refractivity contribution in [3.63, 3.8) is 0 Å². The molecule has 0 saturated heterocycles. The van der Waals surface area contributed by atoms with Gasteiger partial charge < -0.3 is 10.5 Å². The molecule has 5 nitrogen and oxygen atoms in total. The molecule has 1 heterocycles. The number of rotatable bonds is 8. The fourth-order valence-corrected chi connectivity index (χ4v) is 3.85. The smallest absolute Gasteiger partial charge is 0.420 e. The molecule has 0 atom stereocenters. The number of carbonyl (C=O) groups is 1.